The number of rotatable bonds is 6. The molecule has 0 aliphatic carbocycles. The van der Waals surface area contributed by atoms with Gasteiger partial charge in [0, 0.05) is 11.8 Å². The number of nitrogens with one attached hydrogen (secondary N) is 1. The average molecular weight is 453 g/mol. The van der Waals surface area contributed by atoms with Crippen LogP contribution in [0.15, 0.2) is 47.6 Å². The normalized spacial score (nSPS) is 13.7. The summed E-state index contributed by atoms with van der Waals surface area (Å²) in [5.74, 6) is 0.480. The van der Waals surface area contributed by atoms with Gasteiger partial charge in [0.15, 0.2) is 11.5 Å². The van der Waals surface area contributed by atoms with Crippen LogP contribution in [0.2, 0.25) is 0 Å². The summed E-state index contributed by atoms with van der Waals surface area (Å²) in [6.45, 7) is 1.80. The first kappa shape index (κ1) is 20.8. The van der Waals surface area contributed by atoms with E-state index in [1.807, 2.05) is 0 Å². The Morgan fingerprint density at radius 3 is 2.68 bits per heavy atom. The smallest absolute Gasteiger partial charge is 0.454 e. The maximum atomic E-state index is 12.6. The number of nitrogens with zero attached hydrogens (tertiary/aromatic N) is 4. The zero-order valence-corrected chi connectivity index (χ0v) is 16.6. The molecule has 0 saturated carbocycles. The van der Waals surface area contributed by atoms with E-state index in [9.17, 15) is 18.0 Å². The molecule has 4 rings (SSSR count). The van der Waals surface area contributed by atoms with Crippen molar-refractivity contribution in [3.63, 3.8) is 0 Å². The van der Waals surface area contributed by atoms with E-state index in [0.717, 1.165) is 23.9 Å². The van der Waals surface area contributed by atoms with Crippen LogP contribution in [0.1, 0.15) is 6.92 Å². The highest BCUT2D eigenvalue weighted by Crippen LogP contribution is 2.34. The van der Waals surface area contributed by atoms with Crippen molar-refractivity contribution in [2.75, 3.05) is 12.1 Å². The monoisotopic (exact) mass is 453 g/mol. The van der Waals surface area contributed by atoms with Crippen LogP contribution in [0.25, 0.3) is 5.69 Å². The number of tetrazole rings is 1. The number of alkyl halides is 3. The highest BCUT2D eigenvalue weighted by atomic mass is 32.2. The molecule has 162 valence electrons. The third kappa shape index (κ3) is 4.99. The van der Waals surface area contributed by atoms with Gasteiger partial charge in [-0.05, 0) is 53.7 Å². The summed E-state index contributed by atoms with van der Waals surface area (Å²) in [6.07, 6.45) is -4.78. The molecule has 1 aliphatic heterocycles. The van der Waals surface area contributed by atoms with Crippen molar-refractivity contribution in [1.29, 1.82) is 0 Å². The summed E-state index contributed by atoms with van der Waals surface area (Å²) in [6, 6.07) is 10.1. The molecule has 1 aromatic heterocycles. The van der Waals surface area contributed by atoms with E-state index in [4.69, 9.17) is 9.47 Å². The standard InChI is InChI=1S/C18H14F3N5O4S/c1-10(16(27)22-11-2-7-14-15(8-11)29-9-28-14)31-17-23-24-25-26(17)12-3-5-13(6-4-12)30-18(19,20)21/h2-8,10H,9H2,1H3,(H,22,27). The molecule has 3 aromatic rings. The van der Waals surface area contributed by atoms with E-state index in [-0.39, 0.29) is 23.6 Å². The Balaban J connectivity index is 1.42. The number of anilines is 1. The van der Waals surface area contributed by atoms with Crippen molar-refractivity contribution in [2.45, 2.75) is 23.7 Å². The number of hydrogen-bond acceptors (Lipinski definition) is 8. The number of hydrogen-bond donors (Lipinski definition) is 1. The Morgan fingerprint density at radius 2 is 1.94 bits per heavy atom. The van der Waals surface area contributed by atoms with Gasteiger partial charge < -0.3 is 19.5 Å². The first-order valence-electron chi connectivity index (χ1n) is 8.80. The topological polar surface area (TPSA) is 100 Å². The number of amides is 1. The maximum absolute atomic E-state index is 12.6. The number of carbonyl (C=O) groups excluding carboxylic acids is 1. The molecule has 0 saturated heterocycles. The van der Waals surface area contributed by atoms with E-state index in [1.54, 1.807) is 25.1 Å². The number of aromatic nitrogens is 4. The summed E-state index contributed by atoms with van der Waals surface area (Å²) < 4.78 is 52.6. The van der Waals surface area contributed by atoms with Crippen molar-refractivity contribution in [2.24, 2.45) is 0 Å². The van der Waals surface area contributed by atoms with Crippen molar-refractivity contribution in [1.82, 2.24) is 20.2 Å². The highest BCUT2D eigenvalue weighted by Gasteiger charge is 2.31. The second-order valence-electron chi connectivity index (χ2n) is 6.23. The van der Waals surface area contributed by atoms with Crippen LogP contribution >= 0.6 is 11.8 Å². The van der Waals surface area contributed by atoms with Crippen LogP contribution in [-0.4, -0.2) is 44.5 Å². The first-order chi connectivity index (χ1) is 14.8. The Bertz CT molecular complexity index is 1090. The van der Waals surface area contributed by atoms with Gasteiger partial charge in [0.05, 0.1) is 10.9 Å². The lowest BCUT2D eigenvalue weighted by molar-refractivity contribution is -0.274. The number of thioether (sulfide) groups is 1. The molecule has 0 radical (unpaired) electrons. The van der Waals surface area contributed by atoms with Crippen molar-refractivity contribution >= 4 is 23.4 Å². The third-order valence-corrected chi connectivity index (χ3v) is 5.08. The van der Waals surface area contributed by atoms with Crippen LogP contribution in [0.5, 0.6) is 17.2 Å². The highest BCUT2D eigenvalue weighted by molar-refractivity contribution is 8.00. The van der Waals surface area contributed by atoms with Crippen LogP contribution in [0.3, 0.4) is 0 Å². The van der Waals surface area contributed by atoms with Crippen LogP contribution in [0, 0.1) is 0 Å². The molecule has 1 N–H and O–H groups in total. The Morgan fingerprint density at radius 1 is 1.19 bits per heavy atom. The molecule has 2 heterocycles. The van der Waals surface area contributed by atoms with Gasteiger partial charge in [-0.25, -0.2) is 0 Å². The molecule has 0 fully saturated rings. The van der Waals surface area contributed by atoms with Gasteiger partial charge in [-0.2, -0.15) is 4.68 Å². The summed E-state index contributed by atoms with van der Waals surface area (Å²) in [5.41, 5.74) is 0.951. The van der Waals surface area contributed by atoms with Crippen LogP contribution in [0.4, 0.5) is 18.9 Å². The van der Waals surface area contributed by atoms with E-state index in [0.29, 0.717) is 22.9 Å². The predicted octanol–water partition coefficient (Wildman–Crippen LogP) is 3.41. The van der Waals surface area contributed by atoms with E-state index < -0.39 is 11.6 Å². The van der Waals surface area contributed by atoms with E-state index in [2.05, 4.69) is 25.6 Å². The molecule has 1 amide bonds. The van der Waals surface area contributed by atoms with Crippen LogP contribution in [-0.2, 0) is 4.79 Å². The second kappa shape index (κ2) is 8.34. The summed E-state index contributed by atoms with van der Waals surface area (Å²) in [7, 11) is 0. The fourth-order valence-electron chi connectivity index (χ4n) is 2.63. The number of ether oxygens (including phenoxy) is 3. The largest absolute Gasteiger partial charge is 0.573 e. The predicted molar refractivity (Wildman–Crippen MR) is 102 cm³/mol. The molecule has 1 unspecified atom stereocenters. The SMILES string of the molecule is CC(Sc1nnnn1-c1ccc(OC(F)(F)F)cc1)C(=O)Nc1ccc2c(c1)OCO2. The Hall–Kier alpha value is -3.48. The zero-order valence-electron chi connectivity index (χ0n) is 15.8. The van der Waals surface area contributed by atoms with Gasteiger partial charge in [-0.1, -0.05) is 11.8 Å². The van der Waals surface area contributed by atoms with Gasteiger partial charge in [-0.15, -0.1) is 18.3 Å². The van der Waals surface area contributed by atoms with Gasteiger partial charge >= 0.3 is 6.36 Å². The molecule has 0 spiro atoms. The zero-order chi connectivity index (χ0) is 22.0. The summed E-state index contributed by atoms with van der Waals surface area (Å²) >= 11 is 1.09. The van der Waals surface area contributed by atoms with Crippen molar-refractivity contribution < 1.29 is 32.2 Å². The number of benzene rings is 2. The molecule has 0 bridgehead atoms. The summed E-state index contributed by atoms with van der Waals surface area (Å²) in [4.78, 5) is 12.6. The average Bonchev–Trinajstić information content (AvgIpc) is 3.36. The second-order valence-corrected chi connectivity index (χ2v) is 7.54. The molecule has 2 aromatic carbocycles. The van der Waals surface area contributed by atoms with E-state index >= 15 is 0 Å². The lowest BCUT2D eigenvalue weighted by Crippen LogP contribution is -2.22. The molecule has 9 nitrogen and oxygen atoms in total. The quantitative estimate of drug-likeness (QED) is 0.567. The number of halogens is 3. The molecular weight excluding hydrogens is 439 g/mol. The van der Waals surface area contributed by atoms with Gasteiger partial charge in [0.2, 0.25) is 17.9 Å². The third-order valence-electron chi connectivity index (χ3n) is 4.05. The lowest BCUT2D eigenvalue weighted by Gasteiger charge is -2.12. The molecule has 1 atom stereocenters. The molecular formula is C18H14F3N5O4S. The number of carbonyl (C=O) groups is 1. The first-order valence-corrected chi connectivity index (χ1v) is 9.68. The Labute approximate surface area is 177 Å². The molecule has 31 heavy (non-hydrogen) atoms. The lowest BCUT2D eigenvalue weighted by atomic mass is 10.2. The van der Waals surface area contributed by atoms with Gasteiger partial charge in [0.1, 0.15) is 5.75 Å². The minimum absolute atomic E-state index is 0.130. The van der Waals surface area contributed by atoms with Crippen molar-refractivity contribution in [3.8, 4) is 22.9 Å². The van der Waals surface area contributed by atoms with E-state index in [1.165, 1.54) is 16.8 Å². The van der Waals surface area contributed by atoms with Crippen LogP contribution < -0.4 is 19.5 Å². The minimum atomic E-state index is -4.78. The number of fused-ring (bicyclic) bond motifs is 1. The fraction of sp³-hybridized carbons (Fsp3) is 0.222. The van der Waals surface area contributed by atoms with Gasteiger partial charge in [-0.3, -0.25) is 4.79 Å². The minimum Gasteiger partial charge on any atom is -0.454 e. The van der Waals surface area contributed by atoms with Gasteiger partial charge in [0.25, 0.3) is 0 Å². The maximum Gasteiger partial charge on any atom is 0.573 e. The summed E-state index contributed by atoms with van der Waals surface area (Å²) in [5, 5.41) is 13.8. The fourth-order valence-corrected chi connectivity index (χ4v) is 3.44. The molecule has 1 aliphatic rings. The van der Waals surface area contributed by atoms with Crippen molar-refractivity contribution in [3.05, 3.63) is 42.5 Å². The Kier molecular flexibility index (Phi) is 5.59. The molecule has 13 heteroatoms.